The summed E-state index contributed by atoms with van der Waals surface area (Å²) in [7, 11) is 0.283. The quantitative estimate of drug-likeness (QED) is 0.336. The fraction of sp³-hybridized carbons (Fsp3) is 0.250. The lowest BCUT2D eigenvalue weighted by Gasteiger charge is -2.31. The van der Waals surface area contributed by atoms with Crippen LogP contribution in [-0.4, -0.2) is 51.9 Å². The van der Waals surface area contributed by atoms with Gasteiger partial charge in [0, 0.05) is 26.2 Å². The summed E-state index contributed by atoms with van der Waals surface area (Å²) < 4.78 is 35.5. The molecule has 1 aliphatic carbocycles. The van der Waals surface area contributed by atoms with Crippen molar-refractivity contribution in [2.24, 2.45) is 0 Å². The van der Waals surface area contributed by atoms with Gasteiger partial charge in [-0.25, -0.2) is 9.52 Å². The van der Waals surface area contributed by atoms with Crippen LogP contribution in [0.4, 0.5) is 10.5 Å². The molecule has 10 heteroatoms. The van der Waals surface area contributed by atoms with E-state index in [0.717, 1.165) is 27.4 Å². The number of urea groups is 1. The molecule has 0 saturated carbocycles. The van der Waals surface area contributed by atoms with Crippen LogP contribution >= 0.6 is 0 Å². The molecule has 9 nitrogen and oxygen atoms in total. The van der Waals surface area contributed by atoms with Crippen LogP contribution in [0.3, 0.4) is 0 Å². The lowest BCUT2D eigenvalue weighted by atomic mass is 9.92. The van der Waals surface area contributed by atoms with E-state index in [1.165, 1.54) is 11.9 Å². The number of ether oxygens (including phenoxy) is 1. The maximum Gasteiger partial charge on any atom is 0.330 e. The number of nitrogens with zero attached hydrogens (tertiary/aromatic N) is 2. The average molecular weight is 589 g/mol. The number of amides is 3. The van der Waals surface area contributed by atoms with Gasteiger partial charge in [-0.15, -0.1) is 0 Å². The van der Waals surface area contributed by atoms with Crippen molar-refractivity contribution >= 4 is 27.8 Å². The Labute approximate surface area is 247 Å². The normalized spacial score (nSPS) is 14.4. The summed E-state index contributed by atoms with van der Waals surface area (Å²) in [5, 5.41) is 2.61. The van der Waals surface area contributed by atoms with Crippen molar-refractivity contribution in [3.8, 4) is 5.75 Å². The zero-order chi connectivity index (χ0) is 30.1. The van der Waals surface area contributed by atoms with E-state index in [2.05, 4.69) is 10.0 Å². The maximum atomic E-state index is 13.6. The molecule has 2 atom stereocenters. The Morgan fingerprint density at radius 2 is 1.57 bits per heavy atom. The van der Waals surface area contributed by atoms with Crippen molar-refractivity contribution in [1.82, 2.24) is 14.3 Å². The summed E-state index contributed by atoms with van der Waals surface area (Å²) in [4.78, 5) is 28.2. The average Bonchev–Trinajstić information content (AvgIpc) is 3.01. The number of anilines is 1. The van der Waals surface area contributed by atoms with E-state index in [9.17, 15) is 18.0 Å². The van der Waals surface area contributed by atoms with Gasteiger partial charge in [0.2, 0.25) is 5.91 Å². The van der Waals surface area contributed by atoms with E-state index >= 15 is 0 Å². The van der Waals surface area contributed by atoms with Crippen LogP contribution in [-0.2, 0) is 21.4 Å². The number of likely N-dealkylation sites (N-methyl/N-ethyl adjacent to an activating group) is 2. The summed E-state index contributed by atoms with van der Waals surface area (Å²) in [5.41, 5.74) is 3.09. The zero-order valence-electron chi connectivity index (χ0n) is 23.9. The van der Waals surface area contributed by atoms with Crippen molar-refractivity contribution < 1.29 is 22.7 Å². The van der Waals surface area contributed by atoms with E-state index in [1.807, 2.05) is 78.9 Å². The molecule has 0 fully saturated rings. The minimum absolute atomic E-state index is 0.162. The van der Waals surface area contributed by atoms with Crippen molar-refractivity contribution in [2.45, 2.75) is 31.3 Å². The van der Waals surface area contributed by atoms with Crippen LogP contribution in [0.5, 0.6) is 5.75 Å². The molecule has 3 aromatic rings. The molecule has 0 bridgehead atoms. The molecule has 0 aliphatic heterocycles. The molecule has 220 valence electrons. The third-order valence-corrected chi connectivity index (χ3v) is 8.57. The molecule has 4 rings (SSSR count). The van der Waals surface area contributed by atoms with Crippen molar-refractivity contribution in [1.29, 1.82) is 0 Å². The first-order valence-corrected chi connectivity index (χ1v) is 15.1. The van der Waals surface area contributed by atoms with E-state index in [4.69, 9.17) is 4.74 Å². The molecule has 0 spiro atoms. The van der Waals surface area contributed by atoms with Gasteiger partial charge in [0.15, 0.2) is 0 Å². The van der Waals surface area contributed by atoms with Gasteiger partial charge < -0.3 is 15.0 Å². The molecular formula is C32H36N4O5S. The number of methoxy groups -OCH3 is 1. The zero-order valence-corrected chi connectivity index (χ0v) is 24.8. The Kier molecular flexibility index (Phi) is 10.2. The van der Waals surface area contributed by atoms with Gasteiger partial charge >= 0.3 is 16.2 Å². The molecular weight excluding hydrogens is 552 g/mol. The summed E-state index contributed by atoms with van der Waals surface area (Å²) in [6, 6.07) is 22.8. The number of nitrogens with one attached hydrogen (secondary N) is 2. The molecule has 0 heterocycles. The monoisotopic (exact) mass is 588 g/mol. The second-order valence-electron chi connectivity index (χ2n) is 9.96. The molecule has 0 aromatic heterocycles. The van der Waals surface area contributed by atoms with Gasteiger partial charge in [-0.3, -0.25) is 4.79 Å². The topological polar surface area (TPSA) is 108 Å². The fourth-order valence-electron chi connectivity index (χ4n) is 4.87. The SMILES string of the molecule is COc1ccc(N(C)C(=O)[C@H](Cc2ccccc2)NC(=O)NS(=O)(=O)N(C)C(C2=CC=CCC2)c2ccccc2)cc1. The number of hydrogen-bond donors (Lipinski definition) is 2. The minimum Gasteiger partial charge on any atom is -0.497 e. The van der Waals surface area contributed by atoms with Gasteiger partial charge in [-0.2, -0.15) is 12.7 Å². The van der Waals surface area contributed by atoms with Crippen LogP contribution in [0.1, 0.15) is 30.0 Å². The van der Waals surface area contributed by atoms with Crippen LogP contribution in [0.2, 0.25) is 0 Å². The third-order valence-electron chi connectivity index (χ3n) is 7.15. The number of allylic oxidation sites excluding steroid dienone is 3. The van der Waals surface area contributed by atoms with E-state index in [1.54, 1.807) is 38.4 Å². The number of carbonyl (C=O) groups excluding carboxylic acids is 2. The molecule has 3 aromatic carbocycles. The lowest BCUT2D eigenvalue weighted by molar-refractivity contribution is -0.120. The Balaban J connectivity index is 1.55. The summed E-state index contributed by atoms with van der Waals surface area (Å²) in [6.45, 7) is 0. The van der Waals surface area contributed by atoms with Crippen molar-refractivity contribution in [3.63, 3.8) is 0 Å². The highest BCUT2D eigenvalue weighted by Crippen LogP contribution is 2.33. The van der Waals surface area contributed by atoms with E-state index in [-0.39, 0.29) is 6.42 Å². The second-order valence-corrected chi connectivity index (χ2v) is 11.7. The predicted molar refractivity (Wildman–Crippen MR) is 164 cm³/mol. The van der Waals surface area contributed by atoms with Gasteiger partial charge in [0.05, 0.1) is 13.2 Å². The highest BCUT2D eigenvalue weighted by molar-refractivity contribution is 7.87. The Bertz CT molecular complexity index is 1520. The smallest absolute Gasteiger partial charge is 0.330 e. The summed E-state index contributed by atoms with van der Waals surface area (Å²) in [6.07, 6.45) is 7.49. The third kappa shape index (κ3) is 7.65. The van der Waals surface area contributed by atoms with Crippen LogP contribution in [0.15, 0.2) is 109 Å². The first kappa shape index (κ1) is 30.5. The predicted octanol–water partition coefficient (Wildman–Crippen LogP) is 4.76. The van der Waals surface area contributed by atoms with Crippen molar-refractivity contribution in [3.05, 3.63) is 120 Å². The van der Waals surface area contributed by atoms with Gasteiger partial charge in [-0.05, 0) is 53.8 Å². The molecule has 0 saturated heterocycles. The summed E-state index contributed by atoms with van der Waals surface area (Å²) in [5.74, 6) is 0.229. The number of hydrogen-bond acceptors (Lipinski definition) is 5. The standard InChI is InChI=1S/C32H36N4O5S/c1-35(27-19-21-28(41-3)22-20-27)31(37)29(23-24-13-7-4-8-14-24)33-32(38)34-42(39,40)36(2)30(25-15-9-5-10-16-25)26-17-11-6-12-18-26/h4-11,13-17,19-22,29-30H,12,18,23H2,1-3H3,(H2,33,34,38)/t29-,30?/m0/s1. The highest BCUT2D eigenvalue weighted by atomic mass is 32.2. The van der Waals surface area contributed by atoms with Crippen molar-refractivity contribution in [2.75, 3.05) is 26.1 Å². The molecule has 1 aliphatic rings. The highest BCUT2D eigenvalue weighted by Gasteiger charge is 2.33. The lowest BCUT2D eigenvalue weighted by Crippen LogP contribution is -2.54. The molecule has 42 heavy (non-hydrogen) atoms. The Hall–Kier alpha value is -4.41. The Morgan fingerprint density at radius 3 is 2.17 bits per heavy atom. The fourth-order valence-corrected chi connectivity index (χ4v) is 5.85. The van der Waals surface area contributed by atoms with Gasteiger partial charge in [0.1, 0.15) is 11.8 Å². The number of benzene rings is 3. The largest absolute Gasteiger partial charge is 0.497 e. The first-order chi connectivity index (χ1) is 20.2. The minimum atomic E-state index is -4.31. The molecule has 0 radical (unpaired) electrons. The number of rotatable bonds is 11. The number of carbonyl (C=O) groups is 2. The second kappa shape index (κ2) is 14.0. The van der Waals surface area contributed by atoms with Crippen LogP contribution in [0, 0.1) is 0 Å². The van der Waals surface area contributed by atoms with Gasteiger partial charge in [-0.1, -0.05) is 78.9 Å². The maximum absolute atomic E-state index is 13.6. The summed E-state index contributed by atoms with van der Waals surface area (Å²) >= 11 is 0. The van der Waals surface area contributed by atoms with Gasteiger partial charge in [0.25, 0.3) is 0 Å². The van der Waals surface area contributed by atoms with E-state index < -0.39 is 34.2 Å². The Morgan fingerprint density at radius 1 is 0.929 bits per heavy atom. The molecule has 2 N–H and O–H groups in total. The molecule has 1 unspecified atom stereocenters. The molecule has 3 amide bonds. The van der Waals surface area contributed by atoms with Crippen LogP contribution < -0.4 is 19.7 Å². The van der Waals surface area contributed by atoms with Crippen LogP contribution in [0.25, 0.3) is 0 Å². The van der Waals surface area contributed by atoms with E-state index in [0.29, 0.717) is 17.9 Å². The first-order valence-electron chi connectivity index (χ1n) is 13.6.